The molecule has 150 valence electrons. The van der Waals surface area contributed by atoms with Gasteiger partial charge in [0.05, 0.1) is 11.1 Å². The SMILES string of the molecule is C/C(Cl)=C\Cn1c(NN=Cc2ccc([N+](=O)[O-])cc2)nc2c1c(=O)[nH]c(=O)n2C. The second-order valence-corrected chi connectivity index (χ2v) is 6.64. The number of fused-ring (bicyclic) bond motifs is 1. The smallest absolute Gasteiger partial charge is 0.299 e. The molecule has 0 aliphatic carbocycles. The summed E-state index contributed by atoms with van der Waals surface area (Å²) in [6, 6.07) is 5.81. The van der Waals surface area contributed by atoms with Gasteiger partial charge in [-0.15, -0.1) is 0 Å². The minimum atomic E-state index is -0.586. The lowest BCUT2D eigenvalue weighted by atomic mass is 10.2. The number of non-ortho nitro benzene ring substituents is 1. The van der Waals surface area contributed by atoms with Crippen LogP contribution >= 0.6 is 11.6 Å². The number of nitrogens with one attached hydrogen (secondary N) is 2. The van der Waals surface area contributed by atoms with Crippen molar-refractivity contribution >= 4 is 40.6 Å². The molecule has 0 aliphatic heterocycles. The molecule has 0 amide bonds. The number of aromatic amines is 1. The van der Waals surface area contributed by atoms with Crippen molar-refractivity contribution in [1.29, 1.82) is 0 Å². The van der Waals surface area contributed by atoms with Gasteiger partial charge in [-0.3, -0.25) is 29.0 Å². The van der Waals surface area contributed by atoms with Gasteiger partial charge in [0, 0.05) is 30.8 Å². The van der Waals surface area contributed by atoms with Crippen LogP contribution < -0.4 is 16.7 Å². The molecule has 2 N–H and O–H groups in total. The molecular formula is C17H16ClN7O4. The summed E-state index contributed by atoms with van der Waals surface area (Å²) in [5, 5.41) is 15.3. The third-order valence-corrected chi connectivity index (χ3v) is 4.20. The maximum atomic E-state index is 12.3. The third-order valence-electron chi connectivity index (χ3n) is 4.04. The Kier molecular flexibility index (Phi) is 5.59. The standard InChI is InChI=1S/C17H16ClN7O4/c1-10(18)7-8-24-13-14(23(2)17(27)21-15(13)26)20-16(24)22-19-9-11-3-5-12(6-4-11)25(28)29/h3-7,9H,8H2,1-2H3,(H,20,22)(H,21,26,27)/b10-7+,19-9?. The number of aryl methyl sites for hydroxylation is 1. The van der Waals surface area contributed by atoms with E-state index >= 15 is 0 Å². The number of H-pyrrole nitrogens is 1. The van der Waals surface area contributed by atoms with Crippen LogP contribution in [0.5, 0.6) is 0 Å². The van der Waals surface area contributed by atoms with Gasteiger partial charge in [-0.2, -0.15) is 10.1 Å². The third kappa shape index (κ3) is 4.24. The molecule has 0 spiro atoms. The number of imidazole rings is 1. The van der Waals surface area contributed by atoms with Gasteiger partial charge < -0.3 is 0 Å². The molecule has 2 heterocycles. The predicted octanol–water partition coefficient (Wildman–Crippen LogP) is 1.92. The fourth-order valence-corrected chi connectivity index (χ4v) is 2.63. The monoisotopic (exact) mass is 417 g/mol. The number of aromatic nitrogens is 4. The van der Waals surface area contributed by atoms with Crippen LogP contribution in [-0.4, -0.2) is 30.2 Å². The van der Waals surface area contributed by atoms with Crippen LogP contribution in [0.1, 0.15) is 12.5 Å². The fourth-order valence-electron chi connectivity index (χ4n) is 2.56. The number of hydrogen-bond donors (Lipinski definition) is 2. The van der Waals surface area contributed by atoms with Crippen molar-refractivity contribution in [2.45, 2.75) is 13.5 Å². The molecular weight excluding hydrogens is 402 g/mol. The van der Waals surface area contributed by atoms with E-state index in [-0.39, 0.29) is 29.3 Å². The first-order valence-corrected chi connectivity index (χ1v) is 8.71. The number of nitrogens with zero attached hydrogens (tertiary/aromatic N) is 5. The Bertz CT molecular complexity index is 1250. The molecule has 0 bridgehead atoms. The number of allylic oxidation sites excluding steroid dienone is 2. The Morgan fingerprint density at radius 3 is 2.69 bits per heavy atom. The Hall–Kier alpha value is -3.73. The maximum Gasteiger partial charge on any atom is 0.329 e. The van der Waals surface area contributed by atoms with Crippen LogP contribution in [0.25, 0.3) is 11.2 Å². The molecule has 0 aliphatic rings. The van der Waals surface area contributed by atoms with Gasteiger partial charge in [-0.1, -0.05) is 17.7 Å². The highest BCUT2D eigenvalue weighted by Gasteiger charge is 2.16. The van der Waals surface area contributed by atoms with Crippen molar-refractivity contribution in [3.63, 3.8) is 0 Å². The van der Waals surface area contributed by atoms with Gasteiger partial charge in [0.1, 0.15) is 0 Å². The van der Waals surface area contributed by atoms with Crippen molar-refractivity contribution < 1.29 is 4.92 Å². The molecule has 1 aromatic carbocycles. The molecule has 0 saturated heterocycles. The zero-order chi connectivity index (χ0) is 21.1. The van der Waals surface area contributed by atoms with Gasteiger partial charge in [0.15, 0.2) is 11.2 Å². The highest BCUT2D eigenvalue weighted by atomic mass is 35.5. The summed E-state index contributed by atoms with van der Waals surface area (Å²) >= 11 is 5.90. The molecule has 0 atom stereocenters. The van der Waals surface area contributed by atoms with Crippen molar-refractivity contribution in [2.75, 3.05) is 5.43 Å². The van der Waals surface area contributed by atoms with E-state index in [1.165, 1.54) is 34.5 Å². The average Bonchev–Trinajstić information content (AvgIpc) is 3.04. The second kappa shape index (κ2) is 8.10. The lowest BCUT2D eigenvalue weighted by molar-refractivity contribution is -0.384. The quantitative estimate of drug-likeness (QED) is 0.356. The van der Waals surface area contributed by atoms with Crippen molar-refractivity contribution in [3.8, 4) is 0 Å². The minimum absolute atomic E-state index is 0.0275. The molecule has 0 saturated carbocycles. The van der Waals surface area contributed by atoms with Gasteiger partial charge >= 0.3 is 5.69 Å². The Morgan fingerprint density at radius 1 is 1.38 bits per heavy atom. The molecule has 3 aromatic rings. The summed E-state index contributed by atoms with van der Waals surface area (Å²) < 4.78 is 2.75. The van der Waals surface area contributed by atoms with E-state index in [0.717, 1.165) is 0 Å². The summed E-state index contributed by atoms with van der Waals surface area (Å²) in [5.41, 5.74) is 2.53. The molecule has 11 nitrogen and oxygen atoms in total. The van der Waals surface area contributed by atoms with Gasteiger partial charge in [0.25, 0.3) is 11.2 Å². The summed E-state index contributed by atoms with van der Waals surface area (Å²) in [7, 11) is 1.49. The number of benzene rings is 1. The topological polar surface area (TPSA) is 140 Å². The van der Waals surface area contributed by atoms with Crippen LogP contribution in [0.15, 0.2) is 50.1 Å². The number of nitro groups is 1. The maximum absolute atomic E-state index is 12.3. The Labute approximate surface area is 168 Å². The normalized spacial score (nSPS) is 12.0. The number of rotatable bonds is 6. The first kappa shape index (κ1) is 20.0. The highest BCUT2D eigenvalue weighted by molar-refractivity contribution is 6.29. The molecule has 0 unspecified atom stereocenters. The van der Waals surface area contributed by atoms with Gasteiger partial charge in [-0.25, -0.2) is 10.2 Å². The Balaban J connectivity index is 1.98. The van der Waals surface area contributed by atoms with Crippen LogP contribution in [0.2, 0.25) is 0 Å². The van der Waals surface area contributed by atoms with E-state index in [2.05, 4.69) is 20.5 Å². The summed E-state index contributed by atoms with van der Waals surface area (Å²) in [6.07, 6.45) is 3.12. The number of nitro benzene ring substituents is 1. The molecule has 2 aromatic heterocycles. The lowest BCUT2D eigenvalue weighted by Crippen LogP contribution is -2.29. The van der Waals surface area contributed by atoms with Crippen LogP contribution in [-0.2, 0) is 13.6 Å². The molecule has 0 fully saturated rings. The molecule has 0 radical (unpaired) electrons. The lowest BCUT2D eigenvalue weighted by Gasteiger charge is -2.05. The molecule has 29 heavy (non-hydrogen) atoms. The van der Waals surface area contributed by atoms with E-state index in [9.17, 15) is 19.7 Å². The number of hydrazone groups is 1. The summed E-state index contributed by atoms with van der Waals surface area (Å²) in [4.78, 5) is 40.9. The van der Waals surface area contributed by atoms with Crippen molar-refractivity contribution in [2.24, 2.45) is 12.1 Å². The predicted molar refractivity (Wildman–Crippen MR) is 110 cm³/mol. The zero-order valence-corrected chi connectivity index (χ0v) is 16.2. The van der Waals surface area contributed by atoms with E-state index < -0.39 is 16.2 Å². The van der Waals surface area contributed by atoms with E-state index in [1.54, 1.807) is 25.1 Å². The number of anilines is 1. The van der Waals surface area contributed by atoms with Crippen LogP contribution in [0, 0.1) is 10.1 Å². The number of hydrogen-bond acceptors (Lipinski definition) is 7. The minimum Gasteiger partial charge on any atom is -0.299 e. The van der Waals surface area contributed by atoms with Crippen molar-refractivity contribution in [1.82, 2.24) is 19.1 Å². The number of halogens is 1. The second-order valence-electron chi connectivity index (χ2n) is 6.05. The Morgan fingerprint density at radius 2 is 2.07 bits per heavy atom. The van der Waals surface area contributed by atoms with Crippen molar-refractivity contribution in [3.05, 3.63) is 71.9 Å². The molecule has 3 rings (SSSR count). The van der Waals surface area contributed by atoms with E-state index in [1.807, 2.05) is 0 Å². The highest BCUT2D eigenvalue weighted by Crippen LogP contribution is 2.16. The fraction of sp³-hybridized carbons (Fsp3) is 0.176. The molecule has 12 heteroatoms. The zero-order valence-electron chi connectivity index (χ0n) is 15.4. The first-order valence-electron chi connectivity index (χ1n) is 8.33. The van der Waals surface area contributed by atoms with Crippen LogP contribution in [0.3, 0.4) is 0 Å². The van der Waals surface area contributed by atoms with Gasteiger partial charge in [-0.05, 0) is 24.6 Å². The average molecular weight is 418 g/mol. The first-order chi connectivity index (χ1) is 13.8. The van der Waals surface area contributed by atoms with E-state index in [0.29, 0.717) is 10.6 Å². The largest absolute Gasteiger partial charge is 0.329 e. The summed E-state index contributed by atoms with van der Waals surface area (Å²) in [6.45, 7) is 1.92. The van der Waals surface area contributed by atoms with E-state index in [4.69, 9.17) is 11.6 Å². The van der Waals surface area contributed by atoms with Gasteiger partial charge in [0.2, 0.25) is 5.95 Å². The van der Waals surface area contributed by atoms with Crippen LogP contribution in [0.4, 0.5) is 11.6 Å². The summed E-state index contributed by atoms with van der Waals surface area (Å²) in [5.74, 6) is 0.221.